The number of halogens is 1. The molecule has 0 spiro atoms. The number of hydrogen-bond donors (Lipinski definition) is 1. The number of hydrogen-bond acceptors (Lipinski definition) is 4. The van der Waals surface area contributed by atoms with Crippen LogP contribution in [0.5, 0.6) is 0 Å². The minimum absolute atomic E-state index is 0.229. The fraction of sp³-hybridized carbons (Fsp3) is 0.208. The zero-order chi connectivity index (χ0) is 22.4. The molecule has 0 aliphatic rings. The van der Waals surface area contributed by atoms with Crippen molar-refractivity contribution in [1.29, 1.82) is 5.26 Å². The second-order valence-electron chi connectivity index (χ2n) is 6.82. The molecule has 2 aromatic carbocycles. The van der Waals surface area contributed by atoms with Gasteiger partial charge in [0.15, 0.2) is 0 Å². The normalized spacial score (nSPS) is 10.5. The van der Waals surface area contributed by atoms with Crippen LogP contribution in [0.2, 0.25) is 5.02 Å². The number of ether oxygens (including phenoxy) is 1. The van der Waals surface area contributed by atoms with Gasteiger partial charge in [0.05, 0.1) is 34.5 Å². The van der Waals surface area contributed by atoms with Gasteiger partial charge in [-0.15, -0.1) is 0 Å². The molecule has 3 rings (SSSR count). The number of benzene rings is 2. The number of likely N-dealkylation sites (N-methyl/N-ethyl adjacent to an activating group) is 1. The van der Waals surface area contributed by atoms with Gasteiger partial charge in [0, 0.05) is 31.3 Å². The van der Waals surface area contributed by atoms with Gasteiger partial charge in [0.2, 0.25) is 0 Å². The summed E-state index contributed by atoms with van der Waals surface area (Å²) < 4.78 is 5.13. The molecule has 0 saturated heterocycles. The van der Waals surface area contributed by atoms with Crippen molar-refractivity contribution >= 4 is 17.5 Å². The molecule has 0 unspecified atom stereocenters. The summed E-state index contributed by atoms with van der Waals surface area (Å²) in [5, 5.41) is 9.87. The standard InChI is InChI=1S/C24H22ClN3O3/c1-3-28(12-13-31-2)24(30)19-14-18(16-8-5-4-6-9-16)23(29)27-22(19)21-17(15-26)10-7-11-20(21)25/h4-11,14H,3,12-13H2,1-2H3,(H,27,29). The maximum Gasteiger partial charge on any atom is 0.256 e. The minimum Gasteiger partial charge on any atom is -0.383 e. The van der Waals surface area contributed by atoms with E-state index in [9.17, 15) is 14.9 Å². The lowest BCUT2D eigenvalue weighted by molar-refractivity contribution is 0.0707. The average molecular weight is 436 g/mol. The first kappa shape index (κ1) is 22.3. The molecule has 0 fully saturated rings. The Bertz CT molecular complexity index is 1180. The fourth-order valence-corrected chi connectivity index (χ4v) is 3.64. The zero-order valence-corrected chi connectivity index (χ0v) is 18.1. The minimum atomic E-state index is -0.374. The molecule has 1 N–H and O–H groups in total. The molecule has 6 nitrogen and oxygen atoms in total. The van der Waals surface area contributed by atoms with E-state index in [4.69, 9.17) is 16.3 Å². The molecule has 0 atom stereocenters. The number of carbonyl (C=O) groups excluding carboxylic acids is 1. The van der Waals surface area contributed by atoms with Crippen LogP contribution in [0.4, 0.5) is 0 Å². The van der Waals surface area contributed by atoms with Crippen LogP contribution in [0, 0.1) is 11.3 Å². The molecule has 3 aromatic rings. The number of H-pyrrole nitrogens is 1. The molecule has 0 bridgehead atoms. The van der Waals surface area contributed by atoms with Gasteiger partial charge in [-0.25, -0.2) is 0 Å². The summed E-state index contributed by atoms with van der Waals surface area (Å²) in [6, 6.07) is 17.6. The van der Waals surface area contributed by atoms with E-state index in [1.807, 2.05) is 25.1 Å². The van der Waals surface area contributed by atoms with Crippen molar-refractivity contribution in [3.63, 3.8) is 0 Å². The molecule has 7 heteroatoms. The van der Waals surface area contributed by atoms with Crippen molar-refractivity contribution < 1.29 is 9.53 Å². The third-order valence-corrected chi connectivity index (χ3v) is 5.29. The van der Waals surface area contributed by atoms with Crippen molar-refractivity contribution in [2.75, 3.05) is 26.8 Å². The molecule has 31 heavy (non-hydrogen) atoms. The van der Waals surface area contributed by atoms with E-state index < -0.39 is 0 Å². The molecular formula is C24H22ClN3O3. The van der Waals surface area contributed by atoms with Gasteiger partial charge in [-0.2, -0.15) is 5.26 Å². The molecule has 0 aliphatic heterocycles. The van der Waals surface area contributed by atoms with Gasteiger partial charge in [-0.1, -0.05) is 48.0 Å². The van der Waals surface area contributed by atoms with Crippen molar-refractivity contribution in [2.24, 2.45) is 0 Å². The Kier molecular flexibility index (Phi) is 7.24. The van der Waals surface area contributed by atoms with E-state index in [0.29, 0.717) is 36.4 Å². The molecule has 0 saturated carbocycles. The monoisotopic (exact) mass is 435 g/mol. The maximum absolute atomic E-state index is 13.5. The lowest BCUT2D eigenvalue weighted by Crippen LogP contribution is -2.34. The second kappa shape index (κ2) is 10.1. The average Bonchev–Trinajstić information content (AvgIpc) is 2.79. The number of methoxy groups -OCH3 is 1. The highest BCUT2D eigenvalue weighted by molar-refractivity contribution is 6.33. The van der Waals surface area contributed by atoms with E-state index in [1.54, 1.807) is 48.4 Å². The maximum atomic E-state index is 13.5. The Morgan fingerprint density at radius 1 is 1.19 bits per heavy atom. The van der Waals surface area contributed by atoms with Crippen LogP contribution in [0.25, 0.3) is 22.4 Å². The van der Waals surface area contributed by atoms with Crippen LogP contribution >= 0.6 is 11.6 Å². The Morgan fingerprint density at radius 2 is 1.94 bits per heavy atom. The number of aromatic amines is 1. The van der Waals surface area contributed by atoms with E-state index >= 15 is 0 Å². The van der Waals surface area contributed by atoms with Crippen molar-refractivity contribution in [3.8, 4) is 28.5 Å². The highest BCUT2D eigenvalue weighted by Crippen LogP contribution is 2.33. The van der Waals surface area contributed by atoms with Gasteiger partial charge in [0.25, 0.3) is 11.5 Å². The molecule has 0 radical (unpaired) electrons. The first-order valence-electron chi connectivity index (χ1n) is 9.81. The van der Waals surface area contributed by atoms with Gasteiger partial charge in [0.1, 0.15) is 0 Å². The highest BCUT2D eigenvalue weighted by Gasteiger charge is 2.24. The van der Waals surface area contributed by atoms with E-state index in [2.05, 4.69) is 11.1 Å². The van der Waals surface area contributed by atoms with Crippen LogP contribution in [-0.2, 0) is 4.74 Å². The van der Waals surface area contributed by atoms with E-state index in [-0.39, 0.29) is 33.3 Å². The third-order valence-electron chi connectivity index (χ3n) is 4.97. The summed E-state index contributed by atoms with van der Waals surface area (Å²) in [6.07, 6.45) is 0. The topological polar surface area (TPSA) is 86.2 Å². The van der Waals surface area contributed by atoms with Gasteiger partial charge >= 0.3 is 0 Å². The molecule has 1 amide bonds. The SMILES string of the molecule is CCN(CCOC)C(=O)c1cc(-c2ccccc2)c(=O)[nH]c1-c1c(Cl)cccc1C#N. The third kappa shape index (κ3) is 4.69. The van der Waals surface area contributed by atoms with Crippen LogP contribution in [-0.4, -0.2) is 42.6 Å². The smallest absolute Gasteiger partial charge is 0.256 e. The Morgan fingerprint density at radius 3 is 2.58 bits per heavy atom. The first-order chi connectivity index (χ1) is 15.0. The number of aromatic nitrogens is 1. The number of carbonyl (C=O) groups is 1. The largest absolute Gasteiger partial charge is 0.383 e. The second-order valence-corrected chi connectivity index (χ2v) is 7.23. The van der Waals surface area contributed by atoms with Gasteiger partial charge in [-0.05, 0) is 30.7 Å². The predicted molar refractivity (Wildman–Crippen MR) is 121 cm³/mol. The van der Waals surface area contributed by atoms with Crippen LogP contribution in [0.15, 0.2) is 59.4 Å². The summed E-state index contributed by atoms with van der Waals surface area (Å²) in [5.74, 6) is -0.285. The van der Waals surface area contributed by atoms with Crippen LogP contribution in [0.3, 0.4) is 0 Å². The number of rotatable bonds is 7. The first-order valence-corrected chi connectivity index (χ1v) is 10.2. The molecule has 158 valence electrons. The van der Waals surface area contributed by atoms with Crippen molar-refractivity contribution in [2.45, 2.75) is 6.92 Å². The molecule has 0 aliphatic carbocycles. The number of amides is 1. The van der Waals surface area contributed by atoms with Gasteiger partial charge < -0.3 is 14.6 Å². The summed E-state index contributed by atoms with van der Waals surface area (Å²) in [7, 11) is 1.57. The quantitative estimate of drug-likeness (QED) is 0.598. The van der Waals surface area contributed by atoms with Gasteiger partial charge in [-0.3, -0.25) is 9.59 Å². The molecular weight excluding hydrogens is 414 g/mol. The summed E-state index contributed by atoms with van der Waals surface area (Å²) in [5.41, 5.74) is 1.76. The van der Waals surface area contributed by atoms with Crippen LogP contribution in [0.1, 0.15) is 22.8 Å². The Hall–Kier alpha value is -3.40. The number of nitrogens with one attached hydrogen (secondary N) is 1. The fourth-order valence-electron chi connectivity index (χ4n) is 3.37. The highest BCUT2D eigenvalue weighted by atomic mass is 35.5. The number of nitriles is 1. The lowest BCUT2D eigenvalue weighted by atomic mass is 9.97. The van der Waals surface area contributed by atoms with Crippen molar-refractivity contribution in [3.05, 3.63) is 81.1 Å². The van der Waals surface area contributed by atoms with E-state index in [1.165, 1.54) is 0 Å². The Labute approximate surface area is 185 Å². The predicted octanol–water partition coefficient (Wildman–Crippen LogP) is 4.34. The number of nitrogens with zero attached hydrogens (tertiary/aromatic N) is 2. The van der Waals surface area contributed by atoms with Crippen molar-refractivity contribution in [1.82, 2.24) is 9.88 Å². The lowest BCUT2D eigenvalue weighted by Gasteiger charge is -2.23. The number of pyridine rings is 1. The Balaban J connectivity index is 2.29. The zero-order valence-electron chi connectivity index (χ0n) is 17.3. The molecule has 1 heterocycles. The van der Waals surface area contributed by atoms with E-state index in [0.717, 1.165) is 0 Å². The summed E-state index contributed by atoms with van der Waals surface area (Å²) in [4.78, 5) is 30.9. The molecule has 1 aromatic heterocycles. The summed E-state index contributed by atoms with van der Waals surface area (Å²) in [6.45, 7) is 3.08. The summed E-state index contributed by atoms with van der Waals surface area (Å²) >= 11 is 6.41. The van der Waals surface area contributed by atoms with Crippen LogP contribution < -0.4 is 5.56 Å².